The molecule has 3 aliphatic heterocycles. The molecular weight excluding hydrogens is 380 g/mol. The number of likely N-dealkylation sites (tertiary alicyclic amines) is 1. The minimum Gasteiger partial charge on any atom is -0.341 e. The molecule has 1 aliphatic carbocycles. The summed E-state index contributed by atoms with van der Waals surface area (Å²) in [7, 11) is 2.01. The maximum absolute atomic E-state index is 13.1. The Morgan fingerprint density at radius 3 is 2.79 bits per heavy atom. The Balaban J connectivity index is 1.19. The maximum atomic E-state index is 13.1. The van der Waals surface area contributed by atoms with E-state index in [1.165, 1.54) is 17.5 Å². The molecule has 1 amide bonds. The molecule has 1 fully saturated rings. The number of rotatable bonds is 4. The van der Waals surface area contributed by atoms with E-state index in [2.05, 4.69) is 44.5 Å². The Bertz CT molecular complexity index is 826. The fourth-order valence-electron chi connectivity index (χ4n) is 5.18. The van der Waals surface area contributed by atoms with Crippen LogP contribution in [0, 0.1) is 0 Å². The molecule has 4 aliphatic rings. The molecule has 1 aromatic rings. The van der Waals surface area contributed by atoms with Crippen LogP contribution >= 0.6 is 11.8 Å². The second-order valence-corrected chi connectivity index (χ2v) is 9.54. The lowest BCUT2D eigenvalue weighted by Gasteiger charge is -2.40. The molecule has 0 spiro atoms. The van der Waals surface area contributed by atoms with Crippen LogP contribution in [0.5, 0.6) is 0 Å². The van der Waals surface area contributed by atoms with Gasteiger partial charge in [0.15, 0.2) is 5.17 Å². The standard InChI is InChI=1S/C23H30N4OS/c1-25(22(28)14-21-16-29-23-24-9-5-11-27(21)23)19-8-4-10-26(15-19)20-12-17-6-2-3-7-18(17)13-20/h2-3,6-7,16,19-20H,4-5,8-15H2,1H3/t19-/m0/s1. The molecule has 0 radical (unpaired) electrons. The molecule has 0 bridgehead atoms. The van der Waals surface area contributed by atoms with Crippen LogP contribution < -0.4 is 0 Å². The van der Waals surface area contributed by atoms with Gasteiger partial charge >= 0.3 is 0 Å². The summed E-state index contributed by atoms with van der Waals surface area (Å²) < 4.78 is 0. The molecule has 0 N–H and O–H groups in total. The minimum absolute atomic E-state index is 0.241. The van der Waals surface area contributed by atoms with E-state index < -0.39 is 0 Å². The number of amidine groups is 1. The van der Waals surface area contributed by atoms with Crippen molar-refractivity contribution in [3.63, 3.8) is 0 Å². The van der Waals surface area contributed by atoms with Crippen LogP contribution in [0.25, 0.3) is 0 Å². The Kier molecular flexibility index (Phi) is 5.39. The van der Waals surface area contributed by atoms with Crippen molar-refractivity contribution in [1.29, 1.82) is 0 Å². The number of piperidine rings is 1. The van der Waals surface area contributed by atoms with Gasteiger partial charge in [0.1, 0.15) is 0 Å². The molecule has 0 unspecified atom stereocenters. The normalized spacial score (nSPS) is 24.7. The van der Waals surface area contributed by atoms with E-state index in [4.69, 9.17) is 0 Å². The number of aliphatic imine (C=N–C) groups is 1. The van der Waals surface area contributed by atoms with E-state index in [-0.39, 0.29) is 5.91 Å². The lowest BCUT2D eigenvalue weighted by molar-refractivity contribution is -0.132. The van der Waals surface area contributed by atoms with Gasteiger partial charge in [0, 0.05) is 44.5 Å². The first kappa shape index (κ1) is 19.2. The van der Waals surface area contributed by atoms with Crippen LogP contribution in [0.3, 0.4) is 0 Å². The van der Waals surface area contributed by atoms with Gasteiger partial charge in [0.2, 0.25) is 5.91 Å². The zero-order valence-electron chi connectivity index (χ0n) is 17.2. The fraction of sp³-hybridized carbons (Fsp3) is 0.565. The third-order valence-electron chi connectivity index (χ3n) is 6.91. The van der Waals surface area contributed by atoms with Crippen molar-refractivity contribution in [2.24, 2.45) is 4.99 Å². The molecule has 29 heavy (non-hydrogen) atoms. The minimum atomic E-state index is 0.241. The monoisotopic (exact) mass is 410 g/mol. The number of hydrogen-bond donors (Lipinski definition) is 0. The van der Waals surface area contributed by atoms with Crippen molar-refractivity contribution in [3.8, 4) is 0 Å². The summed E-state index contributed by atoms with van der Waals surface area (Å²) >= 11 is 1.67. The van der Waals surface area contributed by atoms with Gasteiger partial charge in [-0.3, -0.25) is 14.7 Å². The van der Waals surface area contributed by atoms with Crippen LogP contribution in [-0.2, 0) is 17.6 Å². The molecule has 6 heteroatoms. The van der Waals surface area contributed by atoms with E-state index in [0.29, 0.717) is 18.5 Å². The van der Waals surface area contributed by atoms with Gasteiger partial charge in [0.05, 0.1) is 6.42 Å². The number of nitrogens with zero attached hydrogens (tertiary/aromatic N) is 4. The Morgan fingerprint density at radius 2 is 2.00 bits per heavy atom. The summed E-state index contributed by atoms with van der Waals surface area (Å²) in [6.07, 6.45) is 6.17. The van der Waals surface area contributed by atoms with Gasteiger partial charge in [-0.1, -0.05) is 36.0 Å². The molecule has 0 aromatic heterocycles. The number of amides is 1. The van der Waals surface area contributed by atoms with E-state index >= 15 is 0 Å². The highest BCUT2D eigenvalue weighted by Crippen LogP contribution is 2.32. The Hall–Kier alpha value is -1.79. The SMILES string of the molecule is CN(C(=O)CC1=CSC2=NCCCN12)[C@H]1CCCN(C2Cc3ccccc3C2)C1. The molecule has 5 rings (SSSR count). The van der Waals surface area contributed by atoms with Crippen molar-refractivity contribution in [2.75, 3.05) is 33.2 Å². The lowest BCUT2D eigenvalue weighted by Crippen LogP contribution is -2.52. The summed E-state index contributed by atoms with van der Waals surface area (Å²) in [5, 5.41) is 3.20. The molecule has 3 heterocycles. The predicted octanol–water partition coefficient (Wildman–Crippen LogP) is 3.12. The van der Waals surface area contributed by atoms with Crippen molar-refractivity contribution in [1.82, 2.24) is 14.7 Å². The molecular formula is C23H30N4OS. The quantitative estimate of drug-likeness (QED) is 0.765. The number of benzene rings is 1. The first-order valence-electron chi connectivity index (χ1n) is 10.9. The van der Waals surface area contributed by atoms with E-state index in [9.17, 15) is 4.79 Å². The molecule has 5 nitrogen and oxygen atoms in total. The first-order valence-corrected chi connectivity index (χ1v) is 11.8. The number of carbonyl (C=O) groups is 1. The lowest BCUT2D eigenvalue weighted by atomic mass is 10.0. The van der Waals surface area contributed by atoms with Gasteiger partial charge in [0.25, 0.3) is 0 Å². The zero-order chi connectivity index (χ0) is 19.8. The van der Waals surface area contributed by atoms with Crippen LogP contribution in [0.2, 0.25) is 0 Å². The van der Waals surface area contributed by atoms with Gasteiger partial charge in [-0.2, -0.15) is 0 Å². The Morgan fingerprint density at radius 1 is 1.21 bits per heavy atom. The summed E-state index contributed by atoms with van der Waals surface area (Å²) in [5.41, 5.74) is 4.15. The molecule has 1 atom stereocenters. The summed E-state index contributed by atoms with van der Waals surface area (Å²) in [4.78, 5) is 24.5. The van der Waals surface area contributed by atoms with Crippen LogP contribution in [0.4, 0.5) is 0 Å². The van der Waals surface area contributed by atoms with Crippen molar-refractivity contribution in [2.45, 2.75) is 50.6 Å². The second kappa shape index (κ2) is 8.15. The van der Waals surface area contributed by atoms with Crippen molar-refractivity contribution in [3.05, 3.63) is 46.5 Å². The van der Waals surface area contributed by atoms with Crippen LogP contribution in [-0.4, -0.2) is 71.1 Å². The number of hydrogen-bond acceptors (Lipinski definition) is 5. The average molecular weight is 411 g/mol. The largest absolute Gasteiger partial charge is 0.341 e. The molecule has 154 valence electrons. The van der Waals surface area contributed by atoms with Gasteiger partial charge < -0.3 is 9.80 Å². The smallest absolute Gasteiger partial charge is 0.228 e. The Labute approximate surface area is 177 Å². The first-order chi connectivity index (χ1) is 14.2. The summed E-state index contributed by atoms with van der Waals surface area (Å²) in [6, 6.07) is 9.78. The number of thioether (sulfide) groups is 1. The van der Waals surface area contributed by atoms with Gasteiger partial charge in [-0.15, -0.1) is 0 Å². The highest BCUT2D eigenvalue weighted by atomic mass is 32.2. The summed E-state index contributed by atoms with van der Waals surface area (Å²) in [5.74, 6) is 0.241. The van der Waals surface area contributed by atoms with Crippen molar-refractivity contribution < 1.29 is 4.79 Å². The fourth-order valence-corrected chi connectivity index (χ4v) is 6.14. The second-order valence-electron chi connectivity index (χ2n) is 8.70. The van der Waals surface area contributed by atoms with Gasteiger partial charge in [-0.25, -0.2) is 0 Å². The van der Waals surface area contributed by atoms with Crippen LogP contribution in [0.15, 0.2) is 40.4 Å². The van der Waals surface area contributed by atoms with E-state index in [1.54, 1.807) is 11.8 Å². The average Bonchev–Trinajstić information content (AvgIpc) is 3.38. The van der Waals surface area contributed by atoms with Crippen LogP contribution in [0.1, 0.15) is 36.8 Å². The van der Waals surface area contributed by atoms with E-state index in [1.807, 2.05) is 11.9 Å². The molecule has 1 aromatic carbocycles. The maximum Gasteiger partial charge on any atom is 0.228 e. The summed E-state index contributed by atoms with van der Waals surface area (Å²) in [6.45, 7) is 4.07. The molecule has 0 saturated carbocycles. The highest BCUT2D eigenvalue weighted by Gasteiger charge is 2.34. The number of fused-ring (bicyclic) bond motifs is 2. The van der Waals surface area contributed by atoms with E-state index in [0.717, 1.165) is 62.7 Å². The number of likely N-dealkylation sites (N-methyl/N-ethyl adjacent to an activating group) is 1. The predicted molar refractivity (Wildman–Crippen MR) is 119 cm³/mol. The number of carbonyl (C=O) groups excluding carboxylic acids is 1. The van der Waals surface area contributed by atoms with Crippen molar-refractivity contribution >= 4 is 22.8 Å². The topological polar surface area (TPSA) is 39.2 Å². The third kappa shape index (κ3) is 3.84. The molecule has 1 saturated heterocycles. The zero-order valence-corrected chi connectivity index (χ0v) is 18.0. The third-order valence-corrected chi connectivity index (χ3v) is 7.86. The van der Waals surface area contributed by atoms with Gasteiger partial charge in [-0.05, 0) is 55.2 Å². The highest BCUT2D eigenvalue weighted by molar-refractivity contribution is 8.16.